The van der Waals surface area contributed by atoms with Gasteiger partial charge in [0.25, 0.3) is 0 Å². The largest absolute Gasteiger partial charge is 0.355 e. The van der Waals surface area contributed by atoms with E-state index in [9.17, 15) is 0 Å². The molecule has 1 saturated carbocycles. The van der Waals surface area contributed by atoms with Gasteiger partial charge in [-0.2, -0.15) is 0 Å². The minimum absolute atomic E-state index is 0.239. The maximum atomic E-state index is 6.33. The number of hydrogen-bond acceptors (Lipinski definition) is 3. The summed E-state index contributed by atoms with van der Waals surface area (Å²) in [6, 6.07) is 10.5. The van der Waals surface area contributed by atoms with Gasteiger partial charge in [-0.1, -0.05) is 54.3 Å². The van der Waals surface area contributed by atoms with Gasteiger partial charge < -0.3 is 9.80 Å². The molecule has 6 heteroatoms. The molecule has 0 bridgehead atoms. The van der Waals surface area contributed by atoms with Gasteiger partial charge in [-0.05, 0) is 19.0 Å². The number of nitrogens with zero attached hydrogens (tertiary/aromatic N) is 2. The third-order valence-electron chi connectivity index (χ3n) is 4.36. The van der Waals surface area contributed by atoms with Crippen LogP contribution in [0.1, 0.15) is 17.2 Å². The molecule has 0 amide bonds. The van der Waals surface area contributed by atoms with Gasteiger partial charge in [0.1, 0.15) is 8.65 Å². The zero-order chi connectivity index (χ0) is 15.7. The Balaban J connectivity index is 1.69. The van der Waals surface area contributed by atoms with Crippen molar-refractivity contribution in [3.63, 3.8) is 0 Å². The van der Waals surface area contributed by atoms with Crippen molar-refractivity contribution in [3.05, 3.63) is 35.9 Å². The Bertz CT molecular complexity index is 530. The van der Waals surface area contributed by atoms with Gasteiger partial charge >= 0.3 is 0 Å². The van der Waals surface area contributed by atoms with E-state index in [1.165, 1.54) is 5.56 Å². The van der Waals surface area contributed by atoms with Crippen molar-refractivity contribution in [2.24, 2.45) is 5.92 Å². The molecule has 1 aromatic rings. The molecule has 120 valence electrons. The minimum atomic E-state index is -0.592. The van der Waals surface area contributed by atoms with Crippen molar-refractivity contribution in [3.8, 4) is 0 Å². The fourth-order valence-electron chi connectivity index (χ4n) is 2.76. The molecule has 1 aliphatic heterocycles. The summed E-state index contributed by atoms with van der Waals surface area (Å²) < 4.78 is 0.378. The molecule has 2 unspecified atom stereocenters. The van der Waals surface area contributed by atoms with Crippen LogP contribution in [0.3, 0.4) is 0 Å². The minimum Gasteiger partial charge on any atom is -0.355 e. The number of rotatable bonds is 3. The summed E-state index contributed by atoms with van der Waals surface area (Å²) in [5.41, 5.74) is 1.26. The second-order valence-corrected chi connectivity index (χ2v) is 9.39. The molecular formula is C16H20Cl2N2S2. The third kappa shape index (κ3) is 3.90. The highest BCUT2D eigenvalue weighted by Gasteiger charge is 2.56. The van der Waals surface area contributed by atoms with E-state index < -0.39 is 4.33 Å². The Labute approximate surface area is 152 Å². The molecule has 2 fully saturated rings. The van der Waals surface area contributed by atoms with Crippen molar-refractivity contribution in [1.82, 2.24) is 9.80 Å². The summed E-state index contributed by atoms with van der Waals surface area (Å²) in [6.07, 6.45) is 0.841. The maximum absolute atomic E-state index is 6.33. The molecule has 2 aliphatic rings. The molecule has 0 radical (unpaired) electrons. The lowest BCUT2D eigenvalue weighted by atomic mass is 10.1. The Morgan fingerprint density at radius 3 is 2.36 bits per heavy atom. The van der Waals surface area contributed by atoms with Crippen LogP contribution >= 0.6 is 47.2 Å². The van der Waals surface area contributed by atoms with Gasteiger partial charge in [0.05, 0.1) is 0 Å². The lowest BCUT2D eigenvalue weighted by Gasteiger charge is -2.34. The highest BCUT2D eigenvalue weighted by atomic mass is 35.5. The van der Waals surface area contributed by atoms with Crippen molar-refractivity contribution in [2.75, 3.05) is 33.2 Å². The summed E-state index contributed by atoms with van der Waals surface area (Å²) in [4.78, 5) is 4.64. The first-order valence-electron chi connectivity index (χ1n) is 7.54. The smallest absolute Gasteiger partial charge is 0.137 e. The van der Waals surface area contributed by atoms with Crippen LogP contribution in [-0.4, -0.2) is 51.7 Å². The van der Waals surface area contributed by atoms with Crippen LogP contribution in [0, 0.1) is 5.92 Å². The van der Waals surface area contributed by atoms with Crippen LogP contribution in [0.15, 0.2) is 30.3 Å². The van der Waals surface area contributed by atoms with Gasteiger partial charge in [-0.3, -0.25) is 0 Å². The van der Waals surface area contributed by atoms with E-state index in [1.54, 1.807) is 11.8 Å². The maximum Gasteiger partial charge on any atom is 0.137 e. The quantitative estimate of drug-likeness (QED) is 0.577. The molecule has 3 rings (SSSR count). The Morgan fingerprint density at radius 1 is 1.23 bits per heavy atom. The number of thioether (sulfide) groups is 1. The highest BCUT2D eigenvalue weighted by molar-refractivity contribution is 8.23. The Morgan fingerprint density at radius 2 is 1.82 bits per heavy atom. The van der Waals surface area contributed by atoms with Crippen LogP contribution in [0.25, 0.3) is 0 Å². The van der Waals surface area contributed by atoms with Crippen LogP contribution in [0.4, 0.5) is 0 Å². The number of likely N-dealkylation sites (N-methyl/N-ethyl adjacent to an activating group) is 1. The lowest BCUT2D eigenvalue weighted by Crippen LogP contribution is -2.45. The standard InChI is InChI=1S/C16H20Cl2N2S2/c1-19-7-9-20(10-8-19)15(21)22-14(13-11-16(13,17)18)12-5-3-2-4-6-12/h2-6,13-14H,7-11H2,1H3. The second kappa shape index (κ2) is 6.86. The van der Waals surface area contributed by atoms with Crippen molar-refractivity contribution in [2.45, 2.75) is 16.0 Å². The molecule has 0 spiro atoms. The monoisotopic (exact) mass is 374 g/mol. The summed E-state index contributed by atoms with van der Waals surface area (Å²) in [7, 11) is 2.15. The third-order valence-corrected chi connectivity index (χ3v) is 7.09. The average Bonchev–Trinajstić information content (AvgIpc) is 3.14. The Kier molecular flexibility index (Phi) is 5.25. The van der Waals surface area contributed by atoms with Gasteiger partial charge in [0.2, 0.25) is 0 Å². The number of piperazine rings is 1. The summed E-state index contributed by atoms with van der Waals surface area (Å²) in [5.74, 6) is 0.272. The second-order valence-electron chi connectivity index (χ2n) is 6.08. The molecule has 0 N–H and O–H groups in total. The van der Waals surface area contributed by atoms with E-state index in [0.29, 0.717) is 0 Å². The molecule has 1 heterocycles. The van der Waals surface area contributed by atoms with Gasteiger partial charge in [-0.15, -0.1) is 23.2 Å². The van der Waals surface area contributed by atoms with Crippen LogP contribution in [0.5, 0.6) is 0 Å². The first kappa shape index (κ1) is 16.8. The predicted octanol–water partition coefficient (Wildman–Crippen LogP) is 4.19. The highest BCUT2D eigenvalue weighted by Crippen LogP contribution is 2.62. The molecule has 2 nitrogen and oxygen atoms in total. The zero-order valence-electron chi connectivity index (χ0n) is 12.5. The van der Waals surface area contributed by atoms with Crippen LogP contribution < -0.4 is 0 Å². The first-order valence-corrected chi connectivity index (χ1v) is 9.58. The molecule has 2 atom stereocenters. The van der Waals surface area contributed by atoms with Crippen LogP contribution in [-0.2, 0) is 0 Å². The van der Waals surface area contributed by atoms with E-state index in [2.05, 4.69) is 41.1 Å². The van der Waals surface area contributed by atoms with E-state index in [0.717, 1.165) is 36.9 Å². The first-order chi connectivity index (χ1) is 10.5. The summed E-state index contributed by atoms with van der Waals surface area (Å²) in [5, 5.41) is 0.239. The fraction of sp³-hybridized carbons (Fsp3) is 0.562. The average molecular weight is 375 g/mol. The molecule has 1 aliphatic carbocycles. The molecule has 1 saturated heterocycles. The fourth-order valence-corrected chi connectivity index (χ4v) is 5.32. The van der Waals surface area contributed by atoms with E-state index in [-0.39, 0.29) is 11.2 Å². The number of halogens is 2. The van der Waals surface area contributed by atoms with Gasteiger partial charge in [-0.25, -0.2) is 0 Å². The van der Waals surface area contributed by atoms with Crippen LogP contribution in [0.2, 0.25) is 0 Å². The molecule has 1 aromatic carbocycles. The SMILES string of the molecule is CN1CCN(C(=S)SC(c2ccccc2)C2CC2(Cl)Cl)CC1. The molecular weight excluding hydrogens is 355 g/mol. The summed E-state index contributed by atoms with van der Waals surface area (Å²) in [6.45, 7) is 4.13. The number of thiocarbonyl (C=S) groups is 1. The van der Waals surface area contributed by atoms with Crippen molar-refractivity contribution >= 4 is 51.5 Å². The van der Waals surface area contributed by atoms with E-state index >= 15 is 0 Å². The van der Waals surface area contributed by atoms with Crippen molar-refractivity contribution < 1.29 is 0 Å². The summed E-state index contributed by atoms with van der Waals surface area (Å²) >= 11 is 20.1. The van der Waals surface area contributed by atoms with Gasteiger partial charge in [0, 0.05) is 37.3 Å². The normalized spacial score (nSPS) is 25.8. The molecule has 0 aromatic heterocycles. The lowest BCUT2D eigenvalue weighted by molar-refractivity contribution is 0.220. The topological polar surface area (TPSA) is 6.48 Å². The van der Waals surface area contributed by atoms with Crippen molar-refractivity contribution in [1.29, 1.82) is 0 Å². The molecule has 22 heavy (non-hydrogen) atoms. The predicted molar refractivity (Wildman–Crippen MR) is 101 cm³/mol. The zero-order valence-corrected chi connectivity index (χ0v) is 15.7. The number of alkyl halides is 2. The van der Waals surface area contributed by atoms with E-state index in [1.807, 2.05) is 6.07 Å². The van der Waals surface area contributed by atoms with E-state index in [4.69, 9.17) is 35.4 Å². The number of hydrogen-bond donors (Lipinski definition) is 0. The number of benzene rings is 1. The Hall–Kier alpha value is -0.000000000000000111. The van der Waals surface area contributed by atoms with Gasteiger partial charge in [0.15, 0.2) is 0 Å².